The number of thioether (sulfide) groups is 1. The van der Waals surface area contributed by atoms with Gasteiger partial charge in [-0.15, -0.1) is 11.8 Å². The van der Waals surface area contributed by atoms with E-state index in [0.717, 1.165) is 41.3 Å². The second kappa shape index (κ2) is 16.8. The van der Waals surface area contributed by atoms with E-state index in [9.17, 15) is 18.0 Å². The molecular weight excluding hydrogens is 665 g/mol. The minimum Gasteiger partial charge on any atom is -0.494 e. The predicted molar refractivity (Wildman–Crippen MR) is 186 cm³/mol. The van der Waals surface area contributed by atoms with Gasteiger partial charge < -0.3 is 15.0 Å². The van der Waals surface area contributed by atoms with Crippen molar-refractivity contribution in [3.63, 3.8) is 0 Å². The monoisotopic (exact) mass is 705 g/mol. The number of sulfonamides is 1. The smallest absolute Gasteiger partial charge is 0.264 e. The van der Waals surface area contributed by atoms with Gasteiger partial charge in [-0.3, -0.25) is 13.9 Å². The van der Waals surface area contributed by atoms with Crippen LogP contribution in [0.4, 0.5) is 5.69 Å². The van der Waals surface area contributed by atoms with Gasteiger partial charge in [-0.25, -0.2) is 8.42 Å². The second-order valence-corrected chi connectivity index (χ2v) is 14.7. The molecule has 2 amide bonds. The van der Waals surface area contributed by atoms with Crippen LogP contribution in [-0.4, -0.2) is 56.6 Å². The Morgan fingerprint density at radius 1 is 0.978 bits per heavy atom. The Kier molecular flexibility index (Phi) is 13.1. The van der Waals surface area contributed by atoms with Crippen LogP contribution in [0, 0.1) is 0 Å². The standard InChI is InChI=1S/C34H41Cl2N3O5S2/c1-4-32(34(41)37-26-9-7-6-8-10-26)38(22-24-11-12-25(35)21-31(24)36)33(40)23-39(27-13-15-28(16-14-27)44-5-2)46(42,43)30-19-17-29(45-3)18-20-30/h11-21,26,32H,4-10,22-23H2,1-3H3,(H,37,41). The normalized spacial score (nSPS) is 14.4. The van der Waals surface area contributed by atoms with Crippen molar-refractivity contribution in [3.05, 3.63) is 82.3 Å². The number of nitrogens with zero attached hydrogens (tertiary/aromatic N) is 2. The van der Waals surface area contributed by atoms with Gasteiger partial charge in [0, 0.05) is 27.5 Å². The fourth-order valence-electron chi connectivity index (χ4n) is 5.58. The van der Waals surface area contributed by atoms with E-state index in [0.29, 0.717) is 34.4 Å². The zero-order chi connectivity index (χ0) is 33.3. The van der Waals surface area contributed by atoms with E-state index in [-0.39, 0.29) is 29.1 Å². The molecule has 4 rings (SSSR count). The van der Waals surface area contributed by atoms with Crippen LogP contribution in [0.3, 0.4) is 0 Å². The molecule has 1 aliphatic rings. The molecule has 3 aromatic rings. The summed E-state index contributed by atoms with van der Waals surface area (Å²) in [5, 5.41) is 3.93. The highest BCUT2D eigenvalue weighted by Crippen LogP contribution is 2.29. The summed E-state index contributed by atoms with van der Waals surface area (Å²) in [6.07, 6.45) is 7.22. The number of amides is 2. The number of halogens is 2. The summed E-state index contributed by atoms with van der Waals surface area (Å²) < 4.78 is 35.0. The van der Waals surface area contributed by atoms with E-state index < -0.39 is 28.5 Å². The lowest BCUT2D eigenvalue weighted by atomic mass is 9.95. The van der Waals surface area contributed by atoms with Crippen molar-refractivity contribution < 1.29 is 22.7 Å². The number of rotatable bonds is 14. The molecule has 1 aliphatic carbocycles. The van der Waals surface area contributed by atoms with Crippen LogP contribution in [0.2, 0.25) is 10.0 Å². The molecule has 1 N–H and O–H groups in total. The average Bonchev–Trinajstić information content (AvgIpc) is 3.05. The molecule has 12 heteroatoms. The zero-order valence-electron chi connectivity index (χ0n) is 26.4. The molecule has 248 valence electrons. The number of hydrogen-bond acceptors (Lipinski definition) is 6. The van der Waals surface area contributed by atoms with Crippen LogP contribution in [0.25, 0.3) is 0 Å². The van der Waals surface area contributed by atoms with Crippen molar-refractivity contribution in [2.24, 2.45) is 0 Å². The van der Waals surface area contributed by atoms with Crippen molar-refractivity contribution in [2.45, 2.75) is 80.8 Å². The molecule has 8 nitrogen and oxygen atoms in total. The van der Waals surface area contributed by atoms with Gasteiger partial charge in [0.05, 0.1) is 17.2 Å². The van der Waals surface area contributed by atoms with Gasteiger partial charge >= 0.3 is 0 Å². The molecule has 3 aromatic carbocycles. The van der Waals surface area contributed by atoms with Crippen molar-refractivity contribution >= 4 is 62.5 Å². The van der Waals surface area contributed by atoms with E-state index >= 15 is 0 Å². The van der Waals surface area contributed by atoms with Crippen molar-refractivity contribution in [1.29, 1.82) is 0 Å². The van der Waals surface area contributed by atoms with E-state index in [4.69, 9.17) is 27.9 Å². The minimum atomic E-state index is -4.20. The molecule has 0 aliphatic heterocycles. The first-order valence-electron chi connectivity index (χ1n) is 15.5. The lowest BCUT2D eigenvalue weighted by molar-refractivity contribution is -0.140. The lowest BCUT2D eigenvalue weighted by Crippen LogP contribution is -2.54. The fourth-order valence-corrected chi connectivity index (χ4v) is 7.87. The predicted octanol–water partition coefficient (Wildman–Crippen LogP) is 7.57. The summed E-state index contributed by atoms with van der Waals surface area (Å²) in [5.41, 5.74) is 0.876. The summed E-state index contributed by atoms with van der Waals surface area (Å²) in [4.78, 5) is 30.5. The Morgan fingerprint density at radius 3 is 2.24 bits per heavy atom. The molecule has 0 saturated heterocycles. The summed E-state index contributed by atoms with van der Waals surface area (Å²) in [6.45, 7) is 3.59. The maximum absolute atomic E-state index is 14.4. The van der Waals surface area contributed by atoms with Crippen molar-refractivity contribution in [2.75, 3.05) is 23.7 Å². The molecule has 0 spiro atoms. The molecule has 1 atom stereocenters. The first-order valence-corrected chi connectivity index (χ1v) is 18.9. The van der Waals surface area contributed by atoms with Crippen molar-refractivity contribution in [1.82, 2.24) is 10.2 Å². The Hall–Kier alpha value is -2.92. The number of carbonyl (C=O) groups is 2. The SMILES string of the molecule is CCOc1ccc(N(CC(=O)N(Cc2ccc(Cl)cc2Cl)C(CC)C(=O)NC2CCCCC2)S(=O)(=O)c2ccc(SC)cc2)cc1. The quantitative estimate of drug-likeness (QED) is 0.174. The van der Waals surface area contributed by atoms with Crippen LogP contribution < -0.4 is 14.4 Å². The third-order valence-electron chi connectivity index (χ3n) is 8.06. The third-order valence-corrected chi connectivity index (χ3v) is 11.2. The van der Waals surface area contributed by atoms with Crippen molar-refractivity contribution in [3.8, 4) is 5.75 Å². The van der Waals surface area contributed by atoms with E-state index in [1.165, 1.54) is 28.8 Å². The zero-order valence-corrected chi connectivity index (χ0v) is 29.5. The molecule has 1 fully saturated rings. The lowest BCUT2D eigenvalue weighted by Gasteiger charge is -2.34. The van der Waals surface area contributed by atoms with Crippen LogP contribution in [-0.2, 0) is 26.2 Å². The van der Waals surface area contributed by atoms with E-state index in [1.54, 1.807) is 54.6 Å². The third kappa shape index (κ3) is 9.12. The van der Waals surface area contributed by atoms with Crippen LogP contribution in [0.1, 0.15) is 57.9 Å². The highest BCUT2D eigenvalue weighted by molar-refractivity contribution is 7.98. The highest BCUT2D eigenvalue weighted by Gasteiger charge is 2.34. The first kappa shape index (κ1) is 35.9. The molecule has 1 saturated carbocycles. The Balaban J connectivity index is 1.73. The summed E-state index contributed by atoms with van der Waals surface area (Å²) in [7, 11) is -4.20. The largest absolute Gasteiger partial charge is 0.494 e. The first-order chi connectivity index (χ1) is 22.1. The van der Waals surface area contributed by atoms with Gasteiger partial charge in [-0.2, -0.15) is 0 Å². The topological polar surface area (TPSA) is 96.0 Å². The summed E-state index contributed by atoms with van der Waals surface area (Å²) in [6, 6.07) is 17.2. The second-order valence-electron chi connectivity index (χ2n) is 11.1. The fraction of sp³-hybridized carbons (Fsp3) is 0.412. The number of hydrogen-bond donors (Lipinski definition) is 1. The molecule has 46 heavy (non-hydrogen) atoms. The number of benzene rings is 3. The Labute approximate surface area is 286 Å². The molecular formula is C34H41Cl2N3O5S2. The number of carbonyl (C=O) groups excluding carboxylic acids is 2. The summed E-state index contributed by atoms with van der Waals surface area (Å²) >= 11 is 14.2. The van der Waals surface area contributed by atoms with Crippen LogP contribution in [0.15, 0.2) is 76.5 Å². The van der Waals surface area contributed by atoms with Crippen LogP contribution >= 0.6 is 35.0 Å². The average molecular weight is 707 g/mol. The number of ether oxygens (including phenoxy) is 1. The van der Waals surface area contributed by atoms with Crippen LogP contribution in [0.5, 0.6) is 5.75 Å². The van der Waals surface area contributed by atoms with E-state index in [1.807, 2.05) is 20.1 Å². The number of nitrogens with one attached hydrogen (secondary N) is 1. The van der Waals surface area contributed by atoms with Gasteiger partial charge in [-0.05, 0) is 98.7 Å². The van der Waals surface area contributed by atoms with Gasteiger partial charge in [0.25, 0.3) is 10.0 Å². The minimum absolute atomic E-state index is 0.00891. The van der Waals surface area contributed by atoms with Gasteiger partial charge in [0.2, 0.25) is 11.8 Å². The molecule has 0 bridgehead atoms. The molecule has 1 unspecified atom stereocenters. The van der Waals surface area contributed by atoms with Gasteiger partial charge in [-0.1, -0.05) is 55.5 Å². The molecule has 0 heterocycles. The maximum atomic E-state index is 14.4. The van der Waals surface area contributed by atoms with Gasteiger partial charge in [0.15, 0.2) is 0 Å². The Morgan fingerprint density at radius 2 is 1.65 bits per heavy atom. The van der Waals surface area contributed by atoms with Gasteiger partial charge in [0.1, 0.15) is 18.3 Å². The highest BCUT2D eigenvalue weighted by atomic mass is 35.5. The Bertz CT molecular complexity index is 1580. The van der Waals surface area contributed by atoms with E-state index in [2.05, 4.69) is 5.32 Å². The molecule has 0 aromatic heterocycles. The maximum Gasteiger partial charge on any atom is 0.264 e. The molecule has 0 radical (unpaired) electrons. The summed E-state index contributed by atoms with van der Waals surface area (Å²) in [5.74, 6) is -0.241. The number of anilines is 1.